The number of nitrogens with zero attached hydrogens (tertiary/aromatic N) is 1. The molecule has 0 unspecified atom stereocenters. The summed E-state index contributed by atoms with van der Waals surface area (Å²) in [5.74, 6) is 0. The molecule has 1 aliphatic rings. The molecule has 0 bridgehead atoms. The highest BCUT2D eigenvalue weighted by molar-refractivity contribution is 5.64. The number of nitrogens with one attached hydrogen (secondary N) is 1. The van der Waals surface area contributed by atoms with Crippen LogP contribution in [0.5, 0.6) is 0 Å². The Morgan fingerprint density at radius 1 is 1.45 bits per heavy atom. The van der Waals surface area contributed by atoms with Crippen LogP contribution in [0.1, 0.15) is 27.2 Å². The molecule has 0 aromatic rings. The molecule has 2 nitrogen and oxygen atoms in total. The quantitative estimate of drug-likeness (QED) is 0.568. The van der Waals surface area contributed by atoms with E-state index in [1.54, 1.807) is 0 Å². The van der Waals surface area contributed by atoms with Crippen molar-refractivity contribution in [2.75, 3.05) is 13.1 Å². The van der Waals surface area contributed by atoms with Crippen LogP contribution < -0.4 is 5.32 Å². The average Bonchev–Trinajstić information content (AvgIpc) is 2.32. The van der Waals surface area contributed by atoms with Crippen molar-refractivity contribution >= 4 is 6.21 Å². The Morgan fingerprint density at radius 3 is 2.64 bits per heavy atom. The van der Waals surface area contributed by atoms with Crippen LogP contribution in [-0.2, 0) is 0 Å². The van der Waals surface area contributed by atoms with Crippen molar-refractivity contribution in [2.45, 2.75) is 33.2 Å². The molecule has 1 heterocycles. The van der Waals surface area contributed by atoms with E-state index >= 15 is 0 Å². The number of hydrogen-bond acceptors (Lipinski definition) is 2. The van der Waals surface area contributed by atoms with Gasteiger partial charge in [0, 0.05) is 12.8 Å². The van der Waals surface area contributed by atoms with E-state index in [1.165, 1.54) is 6.42 Å². The van der Waals surface area contributed by atoms with Gasteiger partial charge >= 0.3 is 0 Å². The Hall–Kier alpha value is -0.370. The molecule has 1 rings (SSSR count). The monoisotopic (exact) mass is 154 g/mol. The third-order valence-electron chi connectivity index (χ3n) is 1.71. The molecule has 1 atom stereocenters. The summed E-state index contributed by atoms with van der Waals surface area (Å²) in [6.45, 7) is 8.73. The Bertz CT molecular complexity index is 138. The lowest BCUT2D eigenvalue weighted by Crippen LogP contribution is -2.14. The zero-order valence-electron chi connectivity index (χ0n) is 7.72. The van der Waals surface area contributed by atoms with Gasteiger partial charge < -0.3 is 5.32 Å². The van der Waals surface area contributed by atoms with Crippen LogP contribution in [0.25, 0.3) is 0 Å². The summed E-state index contributed by atoms with van der Waals surface area (Å²) in [6, 6.07) is 0.536. The lowest BCUT2D eigenvalue weighted by Gasteiger charge is -2.11. The van der Waals surface area contributed by atoms with Crippen LogP contribution in [-0.4, -0.2) is 25.3 Å². The van der Waals surface area contributed by atoms with Gasteiger partial charge in [0.1, 0.15) is 0 Å². The molecule has 2 heteroatoms. The molecule has 1 aliphatic heterocycles. The molecule has 0 saturated carbocycles. The van der Waals surface area contributed by atoms with Crippen molar-refractivity contribution in [2.24, 2.45) is 10.4 Å². The zero-order valence-corrected chi connectivity index (χ0v) is 7.72. The maximum atomic E-state index is 4.51. The van der Waals surface area contributed by atoms with E-state index in [9.17, 15) is 0 Å². The van der Waals surface area contributed by atoms with E-state index in [1.807, 2.05) is 0 Å². The van der Waals surface area contributed by atoms with Gasteiger partial charge in [0.2, 0.25) is 0 Å². The van der Waals surface area contributed by atoms with Gasteiger partial charge in [-0.1, -0.05) is 20.8 Å². The van der Waals surface area contributed by atoms with Gasteiger partial charge in [-0.15, -0.1) is 0 Å². The number of aliphatic imine (C=N–C) groups is 1. The van der Waals surface area contributed by atoms with Gasteiger partial charge in [0.05, 0.1) is 6.04 Å². The summed E-state index contributed by atoms with van der Waals surface area (Å²) < 4.78 is 0. The predicted octanol–water partition coefficient (Wildman–Crippen LogP) is 1.47. The summed E-state index contributed by atoms with van der Waals surface area (Å²) in [7, 11) is 0. The van der Waals surface area contributed by atoms with Gasteiger partial charge in [-0.25, -0.2) is 0 Å². The highest BCUT2D eigenvalue weighted by atomic mass is 15.0. The normalized spacial score (nSPS) is 26.6. The fourth-order valence-electron chi connectivity index (χ4n) is 1.10. The molecular weight excluding hydrogens is 136 g/mol. The van der Waals surface area contributed by atoms with Crippen molar-refractivity contribution in [1.29, 1.82) is 0 Å². The first-order chi connectivity index (χ1) is 5.08. The summed E-state index contributed by atoms with van der Waals surface area (Å²) >= 11 is 0. The molecule has 1 fully saturated rings. The summed E-state index contributed by atoms with van der Waals surface area (Å²) in [4.78, 5) is 4.51. The second-order valence-electron chi connectivity index (χ2n) is 4.29. The average molecular weight is 154 g/mol. The van der Waals surface area contributed by atoms with Gasteiger partial charge in [0.25, 0.3) is 0 Å². The van der Waals surface area contributed by atoms with E-state index < -0.39 is 0 Å². The maximum Gasteiger partial charge on any atom is 0.0632 e. The second kappa shape index (κ2) is 3.35. The van der Waals surface area contributed by atoms with Crippen LogP contribution >= 0.6 is 0 Å². The van der Waals surface area contributed by atoms with Gasteiger partial charge in [-0.3, -0.25) is 4.99 Å². The van der Waals surface area contributed by atoms with Crippen molar-refractivity contribution in [3.05, 3.63) is 0 Å². The molecule has 64 valence electrons. The van der Waals surface area contributed by atoms with E-state index in [4.69, 9.17) is 0 Å². The summed E-state index contributed by atoms with van der Waals surface area (Å²) in [5, 5.41) is 3.29. The van der Waals surface area contributed by atoms with E-state index in [0.29, 0.717) is 6.04 Å². The van der Waals surface area contributed by atoms with E-state index in [0.717, 1.165) is 13.1 Å². The van der Waals surface area contributed by atoms with Crippen molar-refractivity contribution < 1.29 is 0 Å². The van der Waals surface area contributed by atoms with Crippen LogP contribution in [0, 0.1) is 5.41 Å². The molecule has 0 radical (unpaired) electrons. The minimum Gasteiger partial charge on any atom is -0.315 e. The third kappa shape index (κ3) is 3.51. The highest BCUT2D eigenvalue weighted by Gasteiger charge is 2.13. The standard InChI is InChI=1S/C9H18N2/c1-9(2,3)7-11-8-4-5-10-6-8/h7-8,10H,4-6H2,1-3H3/t8-/m1/s1. The fourth-order valence-corrected chi connectivity index (χ4v) is 1.10. The molecule has 0 aliphatic carbocycles. The summed E-state index contributed by atoms with van der Waals surface area (Å²) in [6.07, 6.45) is 3.28. The van der Waals surface area contributed by atoms with Crippen molar-refractivity contribution in [3.63, 3.8) is 0 Å². The molecule has 0 aromatic carbocycles. The number of rotatable bonds is 1. The van der Waals surface area contributed by atoms with Crippen LogP contribution in [0.15, 0.2) is 4.99 Å². The summed E-state index contributed by atoms with van der Waals surface area (Å²) in [5.41, 5.74) is 0.239. The highest BCUT2D eigenvalue weighted by Crippen LogP contribution is 2.10. The van der Waals surface area contributed by atoms with Crippen LogP contribution in [0.2, 0.25) is 0 Å². The van der Waals surface area contributed by atoms with Gasteiger partial charge in [-0.2, -0.15) is 0 Å². The predicted molar refractivity (Wildman–Crippen MR) is 49.2 cm³/mol. The van der Waals surface area contributed by atoms with E-state index in [-0.39, 0.29) is 5.41 Å². The minimum atomic E-state index is 0.239. The molecule has 1 saturated heterocycles. The van der Waals surface area contributed by atoms with Crippen molar-refractivity contribution in [3.8, 4) is 0 Å². The van der Waals surface area contributed by atoms with Gasteiger partial charge in [0.15, 0.2) is 0 Å². The lowest BCUT2D eigenvalue weighted by atomic mass is 9.99. The second-order valence-corrected chi connectivity index (χ2v) is 4.29. The van der Waals surface area contributed by atoms with Crippen LogP contribution in [0.4, 0.5) is 0 Å². The molecule has 11 heavy (non-hydrogen) atoms. The third-order valence-corrected chi connectivity index (χ3v) is 1.71. The smallest absolute Gasteiger partial charge is 0.0632 e. The first-order valence-corrected chi connectivity index (χ1v) is 4.33. The van der Waals surface area contributed by atoms with Crippen molar-refractivity contribution in [1.82, 2.24) is 5.32 Å². The molecule has 0 amide bonds. The topological polar surface area (TPSA) is 24.4 Å². The Labute approximate surface area is 69.1 Å². The molecule has 0 aromatic heterocycles. The lowest BCUT2D eigenvalue weighted by molar-refractivity contribution is 0.596. The largest absolute Gasteiger partial charge is 0.315 e. The number of hydrogen-bond donors (Lipinski definition) is 1. The zero-order chi connectivity index (χ0) is 8.32. The van der Waals surface area contributed by atoms with Gasteiger partial charge in [-0.05, 0) is 18.4 Å². The minimum absolute atomic E-state index is 0.239. The molecular formula is C9H18N2. The first kappa shape index (κ1) is 8.72. The SMILES string of the molecule is CC(C)(C)C=N[C@@H]1CCNC1. The van der Waals surface area contributed by atoms with Crippen LogP contribution in [0.3, 0.4) is 0 Å². The molecule has 1 N–H and O–H groups in total. The Kier molecular flexibility index (Phi) is 2.66. The Morgan fingerprint density at radius 2 is 2.18 bits per heavy atom. The van der Waals surface area contributed by atoms with E-state index in [2.05, 4.69) is 37.3 Å². The fraction of sp³-hybridized carbons (Fsp3) is 0.889. The Balaban J connectivity index is 2.34. The maximum absolute atomic E-state index is 4.51. The molecule has 0 spiro atoms. The first-order valence-electron chi connectivity index (χ1n) is 4.33.